The van der Waals surface area contributed by atoms with Gasteiger partial charge in [0.2, 0.25) is 0 Å². The quantitative estimate of drug-likeness (QED) is 0.450. The Bertz CT molecular complexity index is 1510. The molecule has 4 aromatic rings. The molecule has 33 heavy (non-hydrogen) atoms. The second-order valence-corrected chi connectivity index (χ2v) is 8.07. The maximum absolute atomic E-state index is 6.19. The van der Waals surface area contributed by atoms with Gasteiger partial charge in [0.15, 0.2) is 0 Å². The summed E-state index contributed by atoms with van der Waals surface area (Å²) in [6.45, 7) is 11.0. The fourth-order valence-corrected chi connectivity index (χ4v) is 4.43. The molecule has 0 aliphatic carbocycles. The molecule has 0 saturated heterocycles. The first kappa shape index (κ1) is 20.5. The van der Waals surface area contributed by atoms with Crippen molar-refractivity contribution in [3.63, 3.8) is 0 Å². The lowest BCUT2D eigenvalue weighted by atomic mass is 10.00. The van der Waals surface area contributed by atoms with Gasteiger partial charge in [0.25, 0.3) is 0 Å². The molecule has 2 aromatic carbocycles. The first-order chi connectivity index (χ1) is 16.0. The van der Waals surface area contributed by atoms with Crippen LogP contribution in [0.1, 0.15) is 29.2 Å². The number of aliphatic imine (C=N–C) groups is 1. The SMILES string of the molecule is C=C1c2c(C)cccc2N=C(Cn2cc(C#CC)c3c(N)ncnc32)N1c1ccccc1C. The van der Waals surface area contributed by atoms with Crippen molar-refractivity contribution in [1.82, 2.24) is 14.5 Å². The highest BCUT2D eigenvalue weighted by atomic mass is 15.3. The molecular weight excluding hydrogens is 408 g/mol. The normalized spacial score (nSPS) is 12.9. The highest BCUT2D eigenvalue weighted by Crippen LogP contribution is 2.39. The molecule has 0 amide bonds. The van der Waals surface area contributed by atoms with E-state index in [4.69, 9.17) is 10.7 Å². The number of rotatable bonds is 3. The highest BCUT2D eigenvalue weighted by Gasteiger charge is 2.28. The maximum Gasteiger partial charge on any atom is 0.147 e. The van der Waals surface area contributed by atoms with Crippen molar-refractivity contribution in [3.05, 3.63) is 83.8 Å². The lowest BCUT2D eigenvalue weighted by molar-refractivity contribution is 0.865. The molecule has 0 radical (unpaired) electrons. The number of anilines is 2. The van der Waals surface area contributed by atoms with E-state index in [2.05, 4.69) is 65.3 Å². The number of amidine groups is 1. The first-order valence-corrected chi connectivity index (χ1v) is 10.7. The highest BCUT2D eigenvalue weighted by molar-refractivity contribution is 6.14. The van der Waals surface area contributed by atoms with Crippen molar-refractivity contribution in [2.75, 3.05) is 10.6 Å². The van der Waals surface area contributed by atoms with E-state index >= 15 is 0 Å². The van der Waals surface area contributed by atoms with Gasteiger partial charge in [-0.25, -0.2) is 15.0 Å². The predicted molar refractivity (Wildman–Crippen MR) is 135 cm³/mol. The molecule has 1 aliphatic heterocycles. The Morgan fingerprint density at radius 2 is 1.82 bits per heavy atom. The van der Waals surface area contributed by atoms with Crippen LogP contribution in [0.2, 0.25) is 0 Å². The van der Waals surface area contributed by atoms with E-state index in [-0.39, 0.29) is 0 Å². The first-order valence-electron chi connectivity index (χ1n) is 10.7. The van der Waals surface area contributed by atoms with Gasteiger partial charge in [0.1, 0.15) is 23.6 Å². The minimum atomic E-state index is 0.420. The minimum absolute atomic E-state index is 0.420. The van der Waals surface area contributed by atoms with E-state index < -0.39 is 0 Å². The second kappa shape index (κ2) is 7.95. The Morgan fingerprint density at radius 3 is 2.61 bits per heavy atom. The zero-order valence-corrected chi connectivity index (χ0v) is 18.9. The average molecular weight is 433 g/mol. The summed E-state index contributed by atoms with van der Waals surface area (Å²) >= 11 is 0. The van der Waals surface area contributed by atoms with Gasteiger partial charge >= 0.3 is 0 Å². The second-order valence-electron chi connectivity index (χ2n) is 8.07. The zero-order chi connectivity index (χ0) is 23.1. The van der Waals surface area contributed by atoms with Crippen LogP contribution in [0, 0.1) is 25.7 Å². The predicted octanol–water partition coefficient (Wildman–Crippen LogP) is 5.22. The number of para-hydroxylation sites is 1. The molecule has 6 heteroatoms. The van der Waals surface area contributed by atoms with Crippen molar-refractivity contribution < 1.29 is 0 Å². The van der Waals surface area contributed by atoms with Gasteiger partial charge in [0, 0.05) is 17.5 Å². The fourth-order valence-electron chi connectivity index (χ4n) is 4.43. The van der Waals surface area contributed by atoms with Crippen LogP contribution >= 0.6 is 0 Å². The molecule has 6 nitrogen and oxygen atoms in total. The third-order valence-corrected chi connectivity index (χ3v) is 5.93. The summed E-state index contributed by atoms with van der Waals surface area (Å²) in [6, 6.07) is 14.4. The summed E-state index contributed by atoms with van der Waals surface area (Å²) in [5.74, 6) is 7.36. The maximum atomic E-state index is 6.19. The summed E-state index contributed by atoms with van der Waals surface area (Å²) in [7, 11) is 0. The topological polar surface area (TPSA) is 72.3 Å². The lowest BCUT2D eigenvalue weighted by Gasteiger charge is -2.34. The summed E-state index contributed by atoms with van der Waals surface area (Å²) in [5.41, 5.74) is 13.9. The molecule has 0 atom stereocenters. The fraction of sp³-hybridized carbons (Fsp3) is 0.148. The van der Waals surface area contributed by atoms with Crippen molar-refractivity contribution in [2.24, 2.45) is 4.99 Å². The molecule has 2 aromatic heterocycles. The van der Waals surface area contributed by atoms with E-state index in [9.17, 15) is 0 Å². The van der Waals surface area contributed by atoms with Crippen LogP contribution in [0.25, 0.3) is 16.7 Å². The summed E-state index contributed by atoms with van der Waals surface area (Å²) in [5, 5.41) is 0.765. The lowest BCUT2D eigenvalue weighted by Crippen LogP contribution is -2.35. The third kappa shape index (κ3) is 3.35. The van der Waals surface area contributed by atoms with Crippen molar-refractivity contribution in [3.8, 4) is 11.8 Å². The third-order valence-electron chi connectivity index (χ3n) is 5.93. The monoisotopic (exact) mass is 432 g/mol. The van der Waals surface area contributed by atoms with Gasteiger partial charge < -0.3 is 10.3 Å². The summed E-state index contributed by atoms with van der Waals surface area (Å²) < 4.78 is 2.03. The van der Waals surface area contributed by atoms with Gasteiger partial charge in [-0.1, -0.05) is 42.8 Å². The summed E-state index contributed by atoms with van der Waals surface area (Å²) in [4.78, 5) is 15.9. The van der Waals surface area contributed by atoms with E-state index in [1.807, 2.05) is 35.0 Å². The van der Waals surface area contributed by atoms with Crippen LogP contribution in [-0.4, -0.2) is 20.4 Å². The Hall–Kier alpha value is -4.37. The Labute approximate surface area is 193 Å². The Balaban J connectivity index is 1.71. The number of aromatic nitrogens is 3. The Kier molecular flexibility index (Phi) is 4.95. The number of aryl methyl sites for hydroxylation is 2. The van der Waals surface area contributed by atoms with E-state index in [1.165, 1.54) is 6.33 Å². The number of fused-ring (bicyclic) bond motifs is 2. The Morgan fingerprint density at radius 1 is 1.03 bits per heavy atom. The molecule has 0 spiro atoms. The van der Waals surface area contributed by atoms with Crippen LogP contribution in [0.15, 0.2) is 66.6 Å². The molecular formula is C27H24N6. The van der Waals surface area contributed by atoms with E-state index in [0.29, 0.717) is 12.4 Å². The molecule has 0 saturated carbocycles. The van der Waals surface area contributed by atoms with Gasteiger partial charge in [-0.15, -0.1) is 5.92 Å². The summed E-state index contributed by atoms with van der Waals surface area (Å²) in [6.07, 6.45) is 3.45. The van der Waals surface area contributed by atoms with E-state index in [1.54, 1.807) is 6.92 Å². The molecule has 3 heterocycles. The molecule has 2 N–H and O–H groups in total. The number of nitrogens with zero attached hydrogens (tertiary/aromatic N) is 5. The minimum Gasteiger partial charge on any atom is -0.383 e. The van der Waals surface area contributed by atoms with Crippen molar-refractivity contribution in [1.29, 1.82) is 0 Å². The van der Waals surface area contributed by atoms with Crippen LogP contribution in [0.5, 0.6) is 0 Å². The zero-order valence-electron chi connectivity index (χ0n) is 18.9. The standard InChI is InChI=1S/C27H24N6/c1-5-9-20-14-32(27-25(20)26(28)29-16-30-27)15-23-31-21-12-8-11-18(3)24(21)19(4)33(23)22-13-7-6-10-17(22)2/h6-8,10-14,16H,4,15H2,1-3H3,(H2,28,29,30). The number of benzene rings is 2. The molecule has 0 bridgehead atoms. The van der Waals surface area contributed by atoms with Crippen LogP contribution in [-0.2, 0) is 6.54 Å². The largest absolute Gasteiger partial charge is 0.383 e. The van der Waals surface area contributed by atoms with Gasteiger partial charge in [-0.05, 0) is 44.0 Å². The molecule has 0 fully saturated rings. The smallest absolute Gasteiger partial charge is 0.147 e. The van der Waals surface area contributed by atoms with Gasteiger partial charge in [-0.2, -0.15) is 0 Å². The van der Waals surface area contributed by atoms with Crippen molar-refractivity contribution >= 4 is 39.8 Å². The number of hydrogen-bond donors (Lipinski definition) is 1. The average Bonchev–Trinajstić information content (AvgIpc) is 3.13. The number of nitrogens with two attached hydrogens (primary N) is 1. The number of hydrogen-bond acceptors (Lipinski definition) is 5. The van der Waals surface area contributed by atoms with Crippen molar-refractivity contribution in [2.45, 2.75) is 27.3 Å². The molecule has 5 rings (SSSR count). The molecule has 0 unspecified atom stereocenters. The number of nitrogen functional groups attached to an aromatic ring is 1. The van der Waals surface area contributed by atoms with Gasteiger partial charge in [0.05, 0.1) is 28.9 Å². The van der Waals surface area contributed by atoms with Crippen LogP contribution < -0.4 is 10.6 Å². The van der Waals surface area contributed by atoms with Crippen LogP contribution in [0.4, 0.5) is 17.2 Å². The van der Waals surface area contributed by atoms with E-state index in [0.717, 1.165) is 56.2 Å². The van der Waals surface area contributed by atoms with Crippen LogP contribution in [0.3, 0.4) is 0 Å². The molecule has 162 valence electrons. The van der Waals surface area contributed by atoms with Gasteiger partial charge in [-0.3, -0.25) is 4.90 Å². The molecule has 1 aliphatic rings.